The SMILES string of the molecule is O=C(NC[C@@H]1CCCO1)N1CCc2nn(Cc3cccnc3)c(=O)cc2C1. The Bertz CT molecular complexity index is 861. The molecule has 142 valence electrons. The molecule has 1 saturated heterocycles. The Morgan fingerprint density at radius 2 is 2.33 bits per heavy atom. The molecule has 2 aliphatic heterocycles. The number of hydrogen-bond donors (Lipinski definition) is 1. The molecule has 2 amide bonds. The Hall–Kier alpha value is -2.74. The van der Waals surface area contributed by atoms with Gasteiger partial charge in [-0.1, -0.05) is 6.07 Å². The lowest BCUT2D eigenvalue weighted by Crippen LogP contribution is -2.45. The molecule has 0 spiro atoms. The minimum Gasteiger partial charge on any atom is -0.376 e. The highest BCUT2D eigenvalue weighted by Crippen LogP contribution is 2.16. The fourth-order valence-electron chi connectivity index (χ4n) is 3.51. The Labute approximate surface area is 157 Å². The highest BCUT2D eigenvalue weighted by molar-refractivity contribution is 5.74. The molecule has 2 aromatic heterocycles. The van der Waals surface area contributed by atoms with Crippen LogP contribution >= 0.6 is 0 Å². The molecule has 0 aliphatic carbocycles. The highest BCUT2D eigenvalue weighted by Gasteiger charge is 2.24. The van der Waals surface area contributed by atoms with Crippen LogP contribution in [0.3, 0.4) is 0 Å². The van der Waals surface area contributed by atoms with Crippen LogP contribution in [0, 0.1) is 0 Å². The Morgan fingerprint density at radius 3 is 3.11 bits per heavy atom. The molecule has 1 N–H and O–H groups in total. The second kappa shape index (κ2) is 7.87. The van der Waals surface area contributed by atoms with E-state index < -0.39 is 0 Å². The molecule has 1 atom stereocenters. The molecule has 27 heavy (non-hydrogen) atoms. The van der Waals surface area contributed by atoms with Crippen LogP contribution in [0.15, 0.2) is 35.4 Å². The van der Waals surface area contributed by atoms with E-state index in [1.807, 2.05) is 12.1 Å². The number of rotatable bonds is 4. The third-order valence-electron chi connectivity index (χ3n) is 4.99. The van der Waals surface area contributed by atoms with Gasteiger partial charge in [-0.15, -0.1) is 0 Å². The third-order valence-corrected chi connectivity index (χ3v) is 4.99. The van der Waals surface area contributed by atoms with Gasteiger partial charge >= 0.3 is 6.03 Å². The van der Waals surface area contributed by atoms with Crippen molar-refractivity contribution in [3.05, 3.63) is 57.8 Å². The maximum absolute atomic E-state index is 12.4. The Morgan fingerprint density at radius 1 is 1.41 bits per heavy atom. The van der Waals surface area contributed by atoms with Crippen molar-refractivity contribution in [2.45, 2.75) is 38.5 Å². The molecule has 0 bridgehead atoms. The number of ether oxygens (including phenoxy) is 1. The quantitative estimate of drug-likeness (QED) is 0.866. The van der Waals surface area contributed by atoms with E-state index in [9.17, 15) is 9.59 Å². The van der Waals surface area contributed by atoms with Gasteiger partial charge in [0, 0.05) is 56.7 Å². The summed E-state index contributed by atoms with van der Waals surface area (Å²) in [7, 11) is 0. The van der Waals surface area contributed by atoms with Crippen LogP contribution in [-0.4, -0.2) is 51.5 Å². The summed E-state index contributed by atoms with van der Waals surface area (Å²) >= 11 is 0. The summed E-state index contributed by atoms with van der Waals surface area (Å²) in [6.07, 6.45) is 6.22. The lowest BCUT2D eigenvalue weighted by atomic mass is 10.1. The van der Waals surface area contributed by atoms with Crippen LogP contribution in [0.25, 0.3) is 0 Å². The molecule has 2 aromatic rings. The number of amides is 2. The van der Waals surface area contributed by atoms with Crippen molar-refractivity contribution < 1.29 is 9.53 Å². The van der Waals surface area contributed by atoms with Gasteiger partial charge in [-0.25, -0.2) is 9.48 Å². The molecule has 1 fully saturated rings. The van der Waals surface area contributed by atoms with Crippen molar-refractivity contribution in [1.29, 1.82) is 0 Å². The molecule has 4 rings (SSSR count). The van der Waals surface area contributed by atoms with Crippen LogP contribution in [0.2, 0.25) is 0 Å². The van der Waals surface area contributed by atoms with E-state index in [2.05, 4.69) is 15.4 Å². The lowest BCUT2D eigenvalue weighted by molar-refractivity contribution is 0.108. The summed E-state index contributed by atoms with van der Waals surface area (Å²) < 4.78 is 6.99. The van der Waals surface area contributed by atoms with Crippen molar-refractivity contribution in [2.24, 2.45) is 0 Å². The number of aromatic nitrogens is 3. The first-order valence-corrected chi connectivity index (χ1v) is 9.32. The van der Waals surface area contributed by atoms with Gasteiger partial charge < -0.3 is 15.0 Å². The largest absolute Gasteiger partial charge is 0.376 e. The minimum absolute atomic E-state index is 0.115. The predicted octanol–water partition coefficient (Wildman–Crippen LogP) is 0.933. The molecular formula is C19H23N5O3. The Kier molecular flexibility index (Phi) is 5.15. The second-order valence-electron chi connectivity index (χ2n) is 6.97. The molecule has 0 unspecified atom stereocenters. The van der Waals surface area contributed by atoms with E-state index in [1.165, 1.54) is 4.68 Å². The average Bonchev–Trinajstić information content (AvgIpc) is 3.21. The van der Waals surface area contributed by atoms with E-state index in [4.69, 9.17) is 4.74 Å². The van der Waals surface area contributed by atoms with E-state index >= 15 is 0 Å². The summed E-state index contributed by atoms with van der Waals surface area (Å²) in [6.45, 7) is 2.69. The maximum atomic E-state index is 12.4. The van der Waals surface area contributed by atoms with Gasteiger partial charge in [0.25, 0.3) is 5.56 Å². The molecule has 0 saturated carbocycles. The number of pyridine rings is 1. The standard InChI is InChI=1S/C19H23N5O3/c25-18-9-15-13-23(19(26)21-11-16-4-2-8-27-16)7-5-17(15)22-24(18)12-14-3-1-6-20-10-14/h1,3,6,9-10,16H,2,4-5,7-8,11-13H2,(H,21,26)/t16-/m0/s1. The maximum Gasteiger partial charge on any atom is 0.317 e. The summed E-state index contributed by atoms with van der Waals surface area (Å²) in [5.41, 5.74) is 2.46. The number of carbonyl (C=O) groups excluding carboxylic acids is 1. The van der Waals surface area contributed by atoms with Gasteiger partial charge in [-0.05, 0) is 24.5 Å². The van der Waals surface area contributed by atoms with Gasteiger partial charge in [0.2, 0.25) is 0 Å². The molecule has 0 aromatic carbocycles. The zero-order valence-corrected chi connectivity index (χ0v) is 15.1. The normalized spacial score (nSPS) is 19.0. The van der Waals surface area contributed by atoms with Crippen molar-refractivity contribution in [3.8, 4) is 0 Å². The van der Waals surface area contributed by atoms with Gasteiger partial charge in [-0.3, -0.25) is 9.78 Å². The van der Waals surface area contributed by atoms with E-state index in [0.29, 0.717) is 32.6 Å². The zero-order valence-electron chi connectivity index (χ0n) is 15.1. The van der Waals surface area contributed by atoms with Gasteiger partial charge in [0.1, 0.15) is 0 Å². The predicted molar refractivity (Wildman–Crippen MR) is 98.3 cm³/mol. The summed E-state index contributed by atoms with van der Waals surface area (Å²) in [5, 5.41) is 7.44. The number of nitrogens with one attached hydrogen (secondary N) is 1. The number of carbonyl (C=O) groups is 1. The van der Waals surface area contributed by atoms with Crippen LogP contribution in [0.5, 0.6) is 0 Å². The fraction of sp³-hybridized carbons (Fsp3) is 0.474. The zero-order chi connectivity index (χ0) is 18.6. The van der Waals surface area contributed by atoms with Crippen LogP contribution in [0.1, 0.15) is 29.7 Å². The van der Waals surface area contributed by atoms with Crippen molar-refractivity contribution >= 4 is 6.03 Å². The summed E-state index contributed by atoms with van der Waals surface area (Å²) in [6, 6.07) is 5.24. The first-order chi connectivity index (χ1) is 13.2. The Balaban J connectivity index is 1.41. The molecule has 8 heteroatoms. The monoisotopic (exact) mass is 369 g/mol. The van der Waals surface area contributed by atoms with Crippen molar-refractivity contribution in [1.82, 2.24) is 25.0 Å². The van der Waals surface area contributed by atoms with E-state index in [1.54, 1.807) is 23.4 Å². The van der Waals surface area contributed by atoms with E-state index in [-0.39, 0.29) is 17.7 Å². The lowest BCUT2D eigenvalue weighted by Gasteiger charge is -2.29. The number of nitrogens with zero attached hydrogens (tertiary/aromatic N) is 4. The molecule has 8 nitrogen and oxygen atoms in total. The average molecular weight is 369 g/mol. The highest BCUT2D eigenvalue weighted by atomic mass is 16.5. The van der Waals surface area contributed by atoms with Gasteiger partial charge in [-0.2, -0.15) is 5.10 Å². The smallest absolute Gasteiger partial charge is 0.317 e. The number of fused-ring (bicyclic) bond motifs is 1. The number of hydrogen-bond acceptors (Lipinski definition) is 5. The van der Waals surface area contributed by atoms with Crippen molar-refractivity contribution in [3.63, 3.8) is 0 Å². The molecular weight excluding hydrogens is 346 g/mol. The fourth-order valence-corrected chi connectivity index (χ4v) is 3.51. The first-order valence-electron chi connectivity index (χ1n) is 9.32. The van der Waals surface area contributed by atoms with E-state index in [0.717, 1.165) is 36.3 Å². The summed E-state index contributed by atoms with van der Waals surface area (Å²) in [5.74, 6) is 0. The molecule has 4 heterocycles. The van der Waals surface area contributed by atoms with Gasteiger partial charge in [0.05, 0.1) is 18.3 Å². The van der Waals surface area contributed by atoms with Gasteiger partial charge in [0.15, 0.2) is 0 Å². The molecule has 2 aliphatic rings. The summed E-state index contributed by atoms with van der Waals surface area (Å²) in [4.78, 5) is 30.6. The minimum atomic E-state index is -0.167. The van der Waals surface area contributed by atoms with Crippen molar-refractivity contribution in [2.75, 3.05) is 19.7 Å². The number of urea groups is 1. The first kappa shape index (κ1) is 17.7. The third kappa shape index (κ3) is 4.16. The van der Waals surface area contributed by atoms with Crippen LogP contribution in [-0.2, 0) is 24.2 Å². The van der Waals surface area contributed by atoms with Crippen LogP contribution < -0.4 is 10.9 Å². The second-order valence-corrected chi connectivity index (χ2v) is 6.97. The van der Waals surface area contributed by atoms with Crippen LogP contribution in [0.4, 0.5) is 4.79 Å². The molecule has 0 radical (unpaired) electrons. The topological polar surface area (TPSA) is 89.3 Å².